The molecule has 2 aliphatic rings. The van der Waals surface area contributed by atoms with Crippen LogP contribution in [0.25, 0.3) is 0 Å². The van der Waals surface area contributed by atoms with E-state index in [1.54, 1.807) is 19.2 Å². The molecule has 0 saturated carbocycles. The minimum Gasteiger partial charge on any atom is -0.497 e. The van der Waals surface area contributed by atoms with Gasteiger partial charge >= 0.3 is 11.8 Å². The van der Waals surface area contributed by atoms with Gasteiger partial charge < -0.3 is 29.6 Å². The van der Waals surface area contributed by atoms with Crippen molar-refractivity contribution < 1.29 is 28.5 Å². The topological polar surface area (TPSA) is 98.4 Å². The standard InChI is InChI=1S/C23H27N3O6/c1-29-18-5-2-16(3-6-18)13-24-22(27)23(28)25-14-19(26-8-10-30-11-9-26)17-4-7-20-21(12-17)32-15-31-20/h2-7,12,19H,8-11,13-15H2,1H3,(H,24,27)(H,25,28)/t19-/m0/s1. The van der Waals surface area contributed by atoms with Gasteiger partial charge in [-0.1, -0.05) is 18.2 Å². The molecule has 170 valence electrons. The van der Waals surface area contributed by atoms with Crippen molar-refractivity contribution in [3.63, 3.8) is 0 Å². The van der Waals surface area contributed by atoms with E-state index in [1.165, 1.54) is 0 Å². The minimum absolute atomic E-state index is 0.119. The summed E-state index contributed by atoms with van der Waals surface area (Å²) in [5.74, 6) is 0.779. The Labute approximate surface area is 186 Å². The monoisotopic (exact) mass is 441 g/mol. The maximum atomic E-state index is 12.4. The van der Waals surface area contributed by atoms with E-state index in [2.05, 4.69) is 15.5 Å². The Morgan fingerprint density at radius 3 is 2.47 bits per heavy atom. The lowest BCUT2D eigenvalue weighted by molar-refractivity contribution is -0.139. The number of ether oxygens (including phenoxy) is 4. The molecule has 2 aromatic carbocycles. The highest BCUT2D eigenvalue weighted by Crippen LogP contribution is 2.35. The molecule has 1 saturated heterocycles. The summed E-state index contributed by atoms with van der Waals surface area (Å²) >= 11 is 0. The van der Waals surface area contributed by atoms with Crippen molar-refractivity contribution in [1.82, 2.24) is 15.5 Å². The van der Waals surface area contributed by atoms with E-state index < -0.39 is 11.8 Å². The van der Waals surface area contributed by atoms with Crippen LogP contribution in [0.4, 0.5) is 0 Å². The molecule has 2 aliphatic heterocycles. The largest absolute Gasteiger partial charge is 0.497 e. The number of rotatable bonds is 7. The normalized spacial score (nSPS) is 16.3. The second-order valence-corrected chi connectivity index (χ2v) is 7.52. The lowest BCUT2D eigenvalue weighted by Crippen LogP contribution is -2.46. The number of carbonyl (C=O) groups is 2. The van der Waals surface area contributed by atoms with Crippen LogP contribution in [0.2, 0.25) is 0 Å². The fourth-order valence-corrected chi connectivity index (χ4v) is 3.74. The first-order valence-electron chi connectivity index (χ1n) is 10.5. The summed E-state index contributed by atoms with van der Waals surface area (Å²) in [6.07, 6.45) is 0. The number of nitrogens with zero attached hydrogens (tertiary/aromatic N) is 1. The molecule has 2 N–H and O–H groups in total. The van der Waals surface area contributed by atoms with Crippen molar-refractivity contribution in [2.24, 2.45) is 0 Å². The molecule has 32 heavy (non-hydrogen) atoms. The molecule has 2 aromatic rings. The molecular weight excluding hydrogens is 414 g/mol. The van der Waals surface area contributed by atoms with Gasteiger partial charge in [-0.05, 0) is 35.4 Å². The van der Waals surface area contributed by atoms with E-state index in [0.29, 0.717) is 24.7 Å². The number of morpholine rings is 1. The lowest BCUT2D eigenvalue weighted by atomic mass is 10.0. The van der Waals surface area contributed by atoms with Gasteiger partial charge in [0.05, 0.1) is 26.4 Å². The molecule has 1 fully saturated rings. The Bertz CT molecular complexity index is 943. The number of carbonyl (C=O) groups excluding carboxylic acids is 2. The van der Waals surface area contributed by atoms with Crippen LogP contribution < -0.4 is 24.8 Å². The Morgan fingerprint density at radius 1 is 1.00 bits per heavy atom. The van der Waals surface area contributed by atoms with Crippen LogP contribution in [0, 0.1) is 0 Å². The highest BCUT2D eigenvalue weighted by atomic mass is 16.7. The maximum Gasteiger partial charge on any atom is 0.309 e. The van der Waals surface area contributed by atoms with Gasteiger partial charge in [-0.3, -0.25) is 14.5 Å². The second-order valence-electron chi connectivity index (χ2n) is 7.52. The molecule has 4 rings (SSSR count). The molecule has 1 atom stereocenters. The summed E-state index contributed by atoms with van der Waals surface area (Å²) in [5.41, 5.74) is 1.86. The predicted octanol–water partition coefficient (Wildman–Crippen LogP) is 1.23. The Kier molecular flexibility index (Phi) is 7.08. The average Bonchev–Trinajstić information content (AvgIpc) is 3.31. The minimum atomic E-state index is -0.674. The molecule has 2 heterocycles. The molecule has 9 nitrogen and oxygen atoms in total. The first-order chi connectivity index (χ1) is 15.6. The zero-order valence-electron chi connectivity index (χ0n) is 18.0. The summed E-state index contributed by atoms with van der Waals surface area (Å²) in [5, 5.41) is 5.43. The molecule has 9 heteroatoms. The van der Waals surface area contributed by atoms with E-state index in [0.717, 1.165) is 30.0 Å². The van der Waals surface area contributed by atoms with Crippen LogP contribution in [0.3, 0.4) is 0 Å². The van der Waals surface area contributed by atoms with Crippen LogP contribution in [0.15, 0.2) is 42.5 Å². The number of hydrogen-bond acceptors (Lipinski definition) is 7. The lowest BCUT2D eigenvalue weighted by Gasteiger charge is -2.34. The summed E-state index contributed by atoms with van der Waals surface area (Å²) < 4.78 is 21.5. The van der Waals surface area contributed by atoms with Crippen LogP contribution in [-0.2, 0) is 20.9 Å². The van der Waals surface area contributed by atoms with Gasteiger partial charge in [0.15, 0.2) is 11.5 Å². The number of methoxy groups -OCH3 is 1. The van der Waals surface area contributed by atoms with Gasteiger partial charge in [0.2, 0.25) is 6.79 Å². The zero-order chi connectivity index (χ0) is 22.3. The number of amides is 2. The first kappa shape index (κ1) is 21.9. The van der Waals surface area contributed by atoms with Crippen LogP contribution in [0.1, 0.15) is 17.2 Å². The van der Waals surface area contributed by atoms with Crippen molar-refractivity contribution in [2.75, 3.05) is 46.8 Å². The summed E-state index contributed by atoms with van der Waals surface area (Å²) in [4.78, 5) is 27.0. The van der Waals surface area contributed by atoms with Crippen LogP contribution >= 0.6 is 0 Å². The smallest absolute Gasteiger partial charge is 0.309 e. The van der Waals surface area contributed by atoms with Gasteiger partial charge in [-0.25, -0.2) is 0 Å². The third kappa shape index (κ3) is 5.30. The number of nitrogens with one attached hydrogen (secondary N) is 2. The third-order valence-electron chi connectivity index (χ3n) is 5.54. The number of fused-ring (bicyclic) bond motifs is 1. The van der Waals surface area contributed by atoms with Gasteiger partial charge in [0.25, 0.3) is 0 Å². The zero-order valence-corrected chi connectivity index (χ0v) is 18.0. The molecule has 0 radical (unpaired) electrons. The van der Waals surface area contributed by atoms with Crippen molar-refractivity contribution in [2.45, 2.75) is 12.6 Å². The summed E-state index contributed by atoms with van der Waals surface area (Å²) in [6, 6.07) is 12.9. The first-order valence-corrected chi connectivity index (χ1v) is 10.5. The summed E-state index contributed by atoms with van der Waals surface area (Å²) in [6.45, 7) is 3.46. The molecule has 0 unspecified atom stereocenters. The Hall–Kier alpha value is -3.30. The molecule has 0 aliphatic carbocycles. The fourth-order valence-electron chi connectivity index (χ4n) is 3.74. The van der Waals surface area contributed by atoms with Crippen LogP contribution in [-0.4, -0.2) is 63.5 Å². The van der Waals surface area contributed by atoms with E-state index in [1.807, 2.05) is 30.3 Å². The second kappa shape index (κ2) is 10.3. The van der Waals surface area contributed by atoms with Crippen molar-refractivity contribution in [1.29, 1.82) is 0 Å². The van der Waals surface area contributed by atoms with Gasteiger partial charge in [-0.15, -0.1) is 0 Å². The van der Waals surface area contributed by atoms with E-state index in [9.17, 15) is 9.59 Å². The molecule has 0 bridgehead atoms. The third-order valence-corrected chi connectivity index (χ3v) is 5.54. The average molecular weight is 441 g/mol. The highest BCUT2D eigenvalue weighted by Gasteiger charge is 2.26. The van der Waals surface area contributed by atoms with Crippen molar-refractivity contribution >= 4 is 11.8 Å². The highest BCUT2D eigenvalue weighted by molar-refractivity contribution is 6.35. The van der Waals surface area contributed by atoms with Crippen molar-refractivity contribution in [3.05, 3.63) is 53.6 Å². The Morgan fingerprint density at radius 2 is 1.72 bits per heavy atom. The molecule has 0 spiro atoms. The van der Waals surface area contributed by atoms with Crippen LogP contribution in [0.5, 0.6) is 17.2 Å². The molecule has 0 aromatic heterocycles. The fraction of sp³-hybridized carbons (Fsp3) is 0.391. The number of benzene rings is 2. The van der Waals surface area contributed by atoms with E-state index in [4.69, 9.17) is 18.9 Å². The van der Waals surface area contributed by atoms with Crippen molar-refractivity contribution in [3.8, 4) is 17.2 Å². The predicted molar refractivity (Wildman–Crippen MR) is 116 cm³/mol. The Balaban J connectivity index is 1.36. The van der Waals surface area contributed by atoms with E-state index in [-0.39, 0.29) is 25.9 Å². The SMILES string of the molecule is COc1ccc(CNC(=O)C(=O)NC[C@@H](c2ccc3c(c2)OCO3)N2CCOCC2)cc1. The quantitative estimate of drug-likeness (QED) is 0.624. The van der Waals surface area contributed by atoms with E-state index >= 15 is 0 Å². The van der Waals surface area contributed by atoms with Gasteiger partial charge in [0, 0.05) is 26.2 Å². The maximum absolute atomic E-state index is 12.4. The van der Waals surface area contributed by atoms with Gasteiger partial charge in [-0.2, -0.15) is 0 Å². The van der Waals surface area contributed by atoms with Gasteiger partial charge in [0.1, 0.15) is 5.75 Å². The number of hydrogen-bond donors (Lipinski definition) is 2. The summed E-state index contributed by atoms with van der Waals surface area (Å²) in [7, 11) is 1.59. The molecule has 2 amide bonds. The molecular formula is C23H27N3O6.